The lowest BCUT2D eigenvalue weighted by Gasteiger charge is -2.20. The van der Waals surface area contributed by atoms with Gasteiger partial charge in [-0.3, -0.25) is 9.59 Å². The number of carboxylic acid groups (broad SMARTS) is 1. The minimum absolute atomic E-state index is 0.0122. The molecule has 0 aliphatic carbocycles. The predicted molar refractivity (Wildman–Crippen MR) is 141 cm³/mol. The molecule has 17 heteroatoms. The molecule has 1 aliphatic heterocycles. The van der Waals surface area contributed by atoms with Gasteiger partial charge in [-0.15, -0.1) is 11.3 Å². The molecule has 1 amide bonds. The van der Waals surface area contributed by atoms with Gasteiger partial charge in [0.2, 0.25) is 5.91 Å². The molecule has 5 rings (SSSR count). The molecule has 0 fully saturated rings. The van der Waals surface area contributed by atoms with Crippen molar-refractivity contribution in [2.75, 3.05) is 11.1 Å². The summed E-state index contributed by atoms with van der Waals surface area (Å²) in [5, 5.41) is 18.6. The number of nitrogens with two attached hydrogens (primary N) is 1. The molecule has 4 aromatic heterocycles. The first-order valence-electron chi connectivity index (χ1n) is 12.4. The number of hydrogen-bond donors (Lipinski definition) is 3. The SMILES string of the molecule is CC(C)(Cc1csc([C@@]2(C)C(=O)Nc3nc(-c4nn(CCC(F)(F)C(F)(F)F)c5ncccc45)nc(N)c32)n1)C(=O)O. The van der Waals surface area contributed by atoms with Gasteiger partial charge in [0.25, 0.3) is 0 Å². The number of nitrogen functional groups attached to an aromatic ring is 1. The Morgan fingerprint density at radius 1 is 1.19 bits per heavy atom. The summed E-state index contributed by atoms with van der Waals surface area (Å²) in [6, 6.07) is 3.04. The Balaban J connectivity index is 1.53. The second-order valence-electron chi connectivity index (χ2n) is 10.6. The summed E-state index contributed by atoms with van der Waals surface area (Å²) >= 11 is 1.15. The number of nitrogens with one attached hydrogen (secondary N) is 1. The molecule has 4 N–H and O–H groups in total. The van der Waals surface area contributed by atoms with E-state index in [0.29, 0.717) is 10.7 Å². The minimum Gasteiger partial charge on any atom is -0.481 e. The average Bonchev–Trinajstić information content (AvgIpc) is 3.57. The molecule has 1 aliphatic rings. The van der Waals surface area contributed by atoms with Crippen LogP contribution in [0, 0.1) is 5.41 Å². The zero-order chi connectivity index (χ0) is 30.8. The molecule has 0 unspecified atom stereocenters. The summed E-state index contributed by atoms with van der Waals surface area (Å²) in [6.07, 6.45) is -5.84. The number of aromatic nitrogens is 6. The van der Waals surface area contributed by atoms with E-state index in [1.807, 2.05) is 0 Å². The number of aliphatic carboxylic acids is 1. The number of aryl methyl sites for hydroxylation is 1. The molecule has 0 aromatic carbocycles. The number of thiazole rings is 1. The van der Waals surface area contributed by atoms with E-state index in [0.717, 1.165) is 16.0 Å². The van der Waals surface area contributed by atoms with Gasteiger partial charge in [0.1, 0.15) is 27.8 Å². The normalized spacial score (nSPS) is 17.5. The Labute approximate surface area is 238 Å². The van der Waals surface area contributed by atoms with Crippen LogP contribution >= 0.6 is 11.3 Å². The van der Waals surface area contributed by atoms with Crippen molar-refractivity contribution in [2.24, 2.45) is 5.41 Å². The van der Waals surface area contributed by atoms with E-state index < -0.39 is 47.8 Å². The number of nitrogens with zero attached hydrogens (tertiary/aromatic N) is 6. The van der Waals surface area contributed by atoms with E-state index in [-0.39, 0.29) is 46.2 Å². The van der Waals surface area contributed by atoms with Crippen molar-refractivity contribution >= 4 is 45.9 Å². The van der Waals surface area contributed by atoms with Gasteiger partial charge in [-0.1, -0.05) is 0 Å². The minimum atomic E-state index is -5.72. The van der Waals surface area contributed by atoms with Crippen LogP contribution in [0.15, 0.2) is 23.7 Å². The first kappa shape index (κ1) is 29.2. The standard InChI is InChI=1S/C25H23F5N8O3S/c1-22(2,21(40)41)9-11-10-42-20(33-11)23(3)13-15(31)34-17(35-16(13)36-19(23)39)14-12-5-4-7-32-18(12)38(37-14)8-6-24(26,27)25(28,29)30/h4-5,7,10H,6,8-9H2,1-3H3,(H,40,41)(H3,31,34,35,36,39)/t23-/m1/s1. The Bertz CT molecular complexity index is 1730. The molecule has 4 aromatic rings. The summed E-state index contributed by atoms with van der Waals surface area (Å²) in [4.78, 5) is 42.1. The number of halogens is 5. The van der Waals surface area contributed by atoms with Gasteiger partial charge in [0, 0.05) is 31.0 Å². The smallest absolute Gasteiger partial charge is 0.453 e. The summed E-state index contributed by atoms with van der Waals surface area (Å²) in [5.74, 6) is -6.64. The van der Waals surface area contributed by atoms with Crippen molar-refractivity contribution < 1.29 is 36.6 Å². The molecule has 1 atom stereocenters. The highest BCUT2D eigenvalue weighted by Gasteiger charge is 2.57. The molecule has 42 heavy (non-hydrogen) atoms. The highest BCUT2D eigenvalue weighted by atomic mass is 32.1. The maximum Gasteiger partial charge on any atom is 0.453 e. The number of amides is 1. The maximum absolute atomic E-state index is 13.6. The fraction of sp³-hybridized carbons (Fsp3) is 0.400. The number of carbonyl (C=O) groups is 2. The van der Waals surface area contributed by atoms with Gasteiger partial charge in [-0.05, 0) is 32.9 Å². The van der Waals surface area contributed by atoms with Crippen molar-refractivity contribution in [3.63, 3.8) is 0 Å². The fourth-order valence-electron chi connectivity index (χ4n) is 4.58. The molecule has 222 valence electrons. The van der Waals surface area contributed by atoms with Crippen LogP contribution in [0.25, 0.3) is 22.6 Å². The fourth-order valence-corrected chi connectivity index (χ4v) is 5.57. The molecular weight excluding hydrogens is 587 g/mol. The van der Waals surface area contributed by atoms with E-state index >= 15 is 0 Å². The number of alkyl halides is 5. The van der Waals surface area contributed by atoms with E-state index in [1.54, 1.807) is 26.2 Å². The lowest BCUT2D eigenvalue weighted by Crippen LogP contribution is -2.37. The van der Waals surface area contributed by atoms with Gasteiger partial charge in [-0.2, -0.15) is 27.1 Å². The highest BCUT2D eigenvalue weighted by molar-refractivity contribution is 7.10. The zero-order valence-corrected chi connectivity index (χ0v) is 23.1. The van der Waals surface area contributed by atoms with Crippen LogP contribution in [0.3, 0.4) is 0 Å². The Morgan fingerprint density at radius 3 is 2.57 bits per heavy atom. The van der Waals surface area contributed by atoms with Crippen LogP contribution in [-0.4, -0.2) is 58.8 Å². The quantitative estimate of drug-likeness (QED) is 0.245. The summed E-state index contributed by atoms with van der Waals surface area (Å²) < 4.78 is 66.3. The van der Waals surface area contributed by atoms with Crippen LogP contribution in [0.4, 0.5) is 33.6 Å². The first-order chi connectivity index (χ1) is 19.5. The zero-order valence-electron chi connectivity index (χ0n) is 22.3. The number of anilines is 2. The maximum atomic E-state index is 13.6. The van der Waals surface area contributed by atoms with Crippen molar-refractivity contribution in [3.05, 3.63) is 40.0 Å². The number of fused-ring (bicyclic) bond motifs is 2. The van der Waals surface area contributed by atoms with Gasteiger partial charge in [-0.25, -0.2) is 24.6 Å². The van der Waals surface area contributed by atoms with Gasteiger partial charge >= 0.3 is 18.1 Å². The lowest BCUT2D eigenvalue weighted by atomic mass is 9.85. The number of carbonyl (C=O) groups excluding carboxylic acids is 1. The lowest BCUT2D eigenvalue weighted by molar-refractivity contribution is -0.285. The van der Waals surface area contributed by atoms with Crippen LogP contribution in [0.1, 0.15) is 43.5 Å². The van der Waals surface area contributed by atoms with Gasteiger partial charge < -0.3 is 16.2 Å². The molecule has 0 spiro atoms. The third kappa shape index (κ3) is 4.70. The Hall–Kier alpha value is -4.28. The Morgan fingerprint density at radius 2 is 1.90 bits per heavy atom. The van der Waals surface area contributed by atoms with E-state index in [4.69, 9.17) is 5.73 Å². The number of carboxylic acids is 1. The van der Waals surface area contributed by atoms with Crippen LogP contribution in [0.2, 0.25) is 0 Å². The number of rotatable bonds is 8. The molecular formula is C25H23F5N8O3S. The summed E-state index contributed by atoms with van der Waals surface area (Å²) in [7, 11) is 0. The second-order valence-corrected chi connectivity index (χ2v) is 11.5. The molecule has 5 heterocycles. The van der Waals surface area contributed by atoms with Crippen molar-refractivity contribution in [3.8, 4) is 11.5 Å². The van der Waals surface area contributed by atoms with Gasteiger partial charge in [0.15, 0.2) is 11.5 Å². The Kier molecular flexibility index (Phi) is 6.71. The third-order valence-electron chi connectivity index (χ3n) is 7.08. The largest absolute Gasteiger partial charge is 0.481 e. The van der Waals surface area contributed by atoms with E-state index in [9.17, 15) is 36.6 Å². The molecule has 0 bridgehead atoms. The summed E-state index contributed by atoms with van der Waals surface area (Å²) in [6.45, 7) is 3.89. The van der Waals surface area contributed by atoms with Gasteiger partial charge in [0.05, 0.1) is 22.1 Å². The van der Waals surface area contributed by atoms with Crippen LogP contribution in [-0.2, 0) is 28.0 Å². The molecule has 0 saturated carbocycles. The van der Waals surface area contributed by atoms with Crippen molar-refractivity contribution in [2.45, 2.75) is 57.7 Å². The molecule has 0 saturated heterocycles. The van der Waals surface area contributed by atoms with Crippen LogP contribution in [0.5, 0.6) is 0 Å². The molecule has 11 nitrogen and oxygen atoms in total. The average molecular weight is 611 g/mol. The predicted octanol–water partition coefficient (Wildman–Crippen LogP) is 4.43. The monoisotopic (exact) mass is 610 g/mol. The third-order valence-corrected chi connectivity index (χ3v) is 8.19. The molecule has 0 radical (unpaired) electrons. The van der Waals surface area contributed by atoms with Crippen molar-refractivity contribution in [1.82, 2.24) is 29.7 Å². The number of hydrogen-bond acceptors (Lipinski definition) is 9. The summed E-state index contributed by atoms with van der Waals surface area (Å²) in [5.41, 5.74) is 4.56. The van der Waals surface area contributed by atoms with E-state index in [2.05, 4.69) is 30.4 Å². The second kappa shape index (κ2) is 9.64. The van der Waals surface area contributed by atoms with E-state index in [1.165, 1.54) is 18.3 Å². The highest BCUT2D eigenvalue weighted by Crippen LogP contribution is 2.46. The number of pyridine rings is 1. The first-order valence-corrected chi connectivity index (χ1v) is 13.3. The van der Waals surface area contributed by atoms with Crippen molar-refractivity contribution in [1.29, 1.82) is 0 Å². The topological polar surface area (TPSA) is 162 Å². The van der Waals surface area contributed by atoms with Crippen LogP contribution < -0.4 is 11.1 Å².